The van der Waals surface area contributed by atoms with Crippen LogP contribution in [0.1, 0.15) is 23.3 Å². The average molecular weight is 220 g/mol. The van der Waals surface area contributed by atoms with Crippen molar-refractivity contribution in [3.63, 3.8) is 0 Å². The second kappa shape index (κ2) is 5.03. The van der Waals surface area contributed by atoms with E-state index in [4.69, 9.17) is 0 Å². The van der Waals surface area contributed by atoms with E-state index < -0.39 is 0 Å². The highest BCUT2D eigenvalue weighted by Gasteiger charge is 2.23. The van der Waals surface area contributed by atoms with Gasteiger partial charge in [-0.3, -0.25) is 9.78 Å². The van der Waals surface area contributed by atoms with Gasteiger partial charge >= 0.3 is 0 Å². The molecule has 1 amide bonds. The number of nitrogens with one attached hydrogen (secondary N) is 1. The summed E-state index contributed by atoms with van der Waals surface area (Å²) in [5.41, 5.74) is 0.413. The van der Waals surface area contributed by atoms with E-state index in [9.17, 15) is 4.79 Å². The highest BCUT2D eigenvalue weighted by Crippen LogP contribution is 2.10. The summed E-state index contributed by atoms with van der Waals surface area (Å²) in [6.45, 7) is 1.91. The number of carbonyl (C=O) groups excluding carboxylic acids is 1. The third kappa shape index (κ3) is 2.36. The predicted octanol–water partition coefficient (Wildman–Crippen LogP) is 0.301. The third-order valence-electron chi connectivity index (χ3n) is 2.92. The molecule has 0 bridgehead atoms. The van der Waals surface area contributed by atoms with Gasteiger partial charge in [-0.05, 0) is 19.4 Å². The monoisotopic (exact) mass is 220 g/mol. The highest BCUT2D eigenvalue weighted by molar-refractivity contribution is 5.92. The number of hydrogen-bond acceptors (Lipinski definition) is 4. The molecule has 1 aromatic rings. The minimum atomic E-state index is -0.0539. The summed E-state index contributed by atoms with van der Waals surface area (Å²) in [5.74, 6) is -0.0539. The SMILES string of the molecule is CN(C(=O)c1cnccn1)C1CCCNC1. The summed E-state index contributed by atoms with van der Waals surface area (Å²) < 4.78 is 0. The van der Waals surface area contributed by atoms with Crippen LogP contribution in [0.2, 0.25) is 0 Å². The molecule has 1 aliphatic rings. The number of carbonyl (C=O) groups is 1. The molecule has 16 heavy (non-hydrogen) atoms. The molecule has 1 aromatic heterocycles. The Balaban J connectivity index is 2.04. The third-order valence-corrected chi connectivity index (χ3v) is 2.92. The lowest BCUT2D eigenvalue weighted by Crippen LogP contribution is -2.46. The molecular weight excluding hydrogens is 204 g/mol. The molecule has 0 aliphatic carbocycles. The number of hydrogen-bond donors (Lipinski definition) is 1. The summed E-state index contributed by atoms with van der Waals surface area (Å²) in [4.78, 5) is 21.7. The molecule has 2 heterocycles. The Hall–Kier alpha value is -1.49. The lowest BCUT2D eigenvalue weighted by molar-refractivity contribution is 0.0702. The molecule has 0 radical (unpaired) electrons. The molecule has 0 aromatic carbocycles. The minimum Gasteiger partial charge on any atom is -0.336 e. The predicted molar refractivity (Wildman–Crippen MR) is 60.0 cm³/mol. The Bertz CT molecular complexity index is 348. The van der Waals surface area contributed by atoms with Gasteiger partial charge in [-0.15, -0.1) is 0 Å². The lowest BCUT2D eigenvalue weighted by Gasteiger charge is -2.31. The molecule has 1 saturated heterocycles. The van der Waals surface area contributed by atoms with Crippen LogP contribution < -0.4 is 5.32 Å². The Kier molecular flexibility index (Phi) is 3.46. The van der Waals surface area contributed by atoms with Gasteiger partial charge in [0.2, 0.25) is 0 Å². The first-order chi connectivity index (χ1) is 7.79. The minimum absolute atomic E-state index is 0.0539. The lowest BCUT2D eigenvalue weighted by atomic mass is 10.1. The van der Waals surface area contributed by atoms with E-state index >= 15 is 0 Å². The van der Waals surface area contributed by atoms with E-state index in [1.807, 2.05) is 7.05 Å². The standard InChI is InChI=1S/C11H16N4O/c1-15(9-3-2-4-12-7-9)11(16)10-8-13-5-6-14-10/h5-6,8-9,12H,2-4,7H2,1H3. The van der Waals surface area contributed by atoms with Gasteiger partial charge in [-0.2, -0.15) is 0 Å². The van der Waals surface area contributed by atoms with Gasteiger partial charge in [-0.25, -0.2) is 4.98 Å². The topological polar surface area (TPSA) is 58.1 Å². The number of likely N-dealkylation sites (N-methyl/N-ethyl adjacent to an activating group) is 1. The van der Waals surface area contributed by atoms with Crippen LogP contribution >= 0.6 is 0 Å². The van der Waals surface area contributed by atoms with E-state index in [-0.39, 0.29) is 11.9 Å². The number of aromatic nitrogens is 2. The van der Waals surface area contributed by atoms with Crippen LogP contribution in [-0.4, -0.2) is 47.0 Å². The van der Waals surface area contributed by atoms with Gasteiger partial charge in [0.1, 0.15) is 5.69 Å². The molecule has 5 heteroatoms. The number of nitrogens with zero attached hydrogens (tertiary/aromatic N) is 3. The molecule has 0 saturated carbocycles. The van der Waals surface area contributed by atoms with Crippen molar-refractivity contribution >= 4 is 5.91 Å². The summed E-state index contributed by atoms with van der Waals surface area (Å²) in [7, 11) is 1.83. The van der Waals surface area contributed by atoms with E-state index in [0.717, 1.165) is 25.9 Å². The fourth-order valence-electron chi connectivity index (χ4n) is 1.92. The maximum absolute atomic E-state index is 12.0. The highest BCUT2D eigenvalue weighted by atomic mass is 16.2. The van der Waals surface area contributed by atoms with E-state index in [1.54, 1.807) is 17.3 Å². The first kappa shape index (κ1) is 11.0. The number of piperidine rings is 1. The maximum Gasteiger partial charge on any atom is 0.274 e. The van der Waals surface area contributed by atoms with Crippen LogP contribution in [-0.2, 0) is 0 Å². The summed E-state index contributed by atoms with van der Waals surface area (Å²) in [6, 6.07) is 0.267. The van der Waals surface area contributed by atoms with Gasteiger partial charge < -0.3 is 10.2 Å². The van der Waals surface area contributed by atoms with Crippen LogP contribution in [0.25, 0.3) is 0 Å². The molecule has 1 aliphatic heterocycles. The van der Waals surface area contributed by atoms with Crippen molar-refractivity contribution in [3.05, 3.63) is 24.3 Å². The summed E-state index contributed by atoms with van der Waals surface area (Å²) in [6.07, 6.45) is 6.78. The Morgan fingerprint density at radius 1 is 1.56 bits per heavy atom. The molecule has 2 rings (SSSR count). The van der Waals surface area contributed by atoms with E-state index in [2.05, 4.69) is 15.3 Å². The molecule has 5 nitrogen and oxygen atoms in total. The van der Waals surface area contributed by atoms with Crippen molar-refractivity contribution in [2.45, 2.75) is 18.9 Å². The smallest absolute Gasteiger partial charge is 0.274 e. The number of amides is 1. The first-order valence-electron chi connectivity index (χ1n) is 5.53. The van der Waals surface area contributed by atoms with Gasteiger partial charge in [0.05, 0.1) is 6.20 Å². The van der Waals surface area contributed by atoms with Crippen molar-refractivity contribution in [2.24, 2.45) is 0 Å². The van der Waals surface area contributed by atoms with E-state index in [0.29, 0.717) is 5.69 Å². The van der Waals surface area contributed by atoms with Crippen molar-refractivity contribution in [1.82, 2.24) is 20.2 Å². The van der Waals surface area contributed by atoms with Gasteiger partial charge in [0.25, 0.3) is 5.91 Å². The molecule has 1 fully saturated rings. The van der Waals surface area contributed by atoms with Crippen LogP contribution in [0, 0.1) is 0 Å². The second-order valence-electron chi connectivity index (χ2n) is 4.01. The van der Waals surface area contributed by atoms with Gasteiger partial charge in [0, 0.05) is 32.0 Å². The zero-order chi connectivity index (χ0) is 11.4. The molecule has 1 unspecified atom stereocenters. The average Bonchev–Trinajstić information content (AvgIpc) is 2.39. The summed E-state index contributed by atoms with van der Waals surface area (Å²) in [5, 5.41) is 3.29. The summed E-state index contributed by atoms with van der Waals surface area (Å²) >= 11 is 0. The van der Waals surface area contributed by atoms with Crippen LogP contribution in [0.15, 0.2) is 18.6 Å². The molecule has 0 spiro atoms. The largest absolute Gasteiger partial charge is 0.336 e. The van der Waals surface area contributed by atoms with Crippen LogP contribution in [0.3, 0.4) is 0 Å². The fourth-order valence-corrected chi connectivity index (χ4v) is 1.92. The molecular formula is C11H16N4O. The second-order valence-corrected chi connectivity index (χ2v) is 4.01. The first-order valence-corrected chi connectivity index (χ1v) is 5.53. The number of rotatable bonds is 2. The van der Waals surface area contributed by atoms with Crippen molar-refractivity contribution in [3.8, 4) is 0 Å². The van der Waals surface area contributed by atoms with Crippen molar-refractivity contribution in [2.75, 3.05) is 20.1 Å². The zero-order valence-electron chi connectivity index (χ0n) is 9.39. The fraction of sp³-hybridized carbons (Fsp3) is 0.545. The molecule has 1 atom stereocenters. The molecule has 86 valence electrons. The Morgan fingerprint density at radius 3 is 3.06 bits per heavy atom. The van der Waals surface area contributed by atoms with Crippen LogP contribution in [0.4, 0.5) is 0 Å². The quantitative estimate of drug-likeness (QED) is 0.779. The van der Waals surface area contributed by atoms with Gasteiger partial charge in [0.15, 0.2) is 0 Å². The maximum atomic E-state index is 12.0. The van der Waals surface area contributed by atoms with Crippen molar-refractivity contribution < 1.29 is 4.79 Å². The zero-order valence-corrected chi connectivity index (χ0v) is 9.39. The molecule has 1 N–H and O–H groups in total. The van der Waals surface area contributed by atoms with Gasteiger partial charge in [-0.1, -0.05) is 0 Å². The van der Waals surface area contributed by atoms with Crippen molar-refractivity contribution in [1.29, 1.82) is 0 Å². The van der Waals surface area contributed by atoms with E-state index in [1.165, 1.54) is 6.20 Å². The van der Waals surface area contributed by atoms with Crippen LogP contribution in [0.5, 0.6) is 0 Å². The normalized spacial score (nSPS) is 20.4. The Morgan fingerprint density at radius 2 is 2.44 bits per heavy atom. The Labute approximate surface area is 94.9 Å².